The summed E-state index contributed by atoms with van der Waals surface area (Å²) in [4.78, 5) is 25.3. The summed E-state index contributed by atoms with van der Waals surface area (Å²) in [6.07, 6.45) is -1.93. The van der Waals surface area contributed by atoms with Crippen LogP contribution in [0, 0.1) is 0 Å². The van der Waals surface area contributed by atoms with Gasteiger partial charge in [0.15, 0.2) is 0 Å². The van der Waals surface area contributed by atoms with Crippen LogP contribution in [0.2, 0.25) is 0 Å². The second kappa shape index (κ2) is 5.53. The number of alkyl halides is 2. The van der Waals surface area contributed by atoms with Gasteiger partial charge in [-0.15, -0.1) is 0 Å². The lowest BCUT2D eigenvalue weighted by atomic mass is 10.1. The Morgan fingerprint density at radius 3 is 2.71 bits per heavy atom. The largest absolute Gasteiger partial charge is 0.462 e. The number of carbonyl (C=O) groups excluding carboxylic acids is 1. The summed E-state index contributed by atoms with van der Waals surface area (Å²) in [5.74, 6) is -0.857. The Kier molecular flexibility index (Phi) is 4.33. The first kappa shape index (κ1) is 13.3. The minimum Gasteiger partial charge on any atom is -0.462 e. The Morgan fingerprint density at radius 1 is 1.59 bits per heavy atom. The standard InChI is InChI=1S/C10H12F2N2O3/c1-2-17-10(16)6-4-14-7(9(11)12)5(3-13)8(6)15/h4,9H,2-3,13H2,1H3,(H,14,15). The third-order valence-corrected chi connectivity index (χ3v) is 2.13. The van der Waals surface area contributed by atoms with Crippen LogP contribution in [0.5, 0.6) is 0 Å². The Hall–Kier alpha value is -1.76. The number of aromatic nitrogens is 1. The smallest absolute Gasteiger partial charge is 0.343 e. The third kappa shape index (κ3) is 2.68. The van der Waals surface area contributed by atoms with Gasteiger partial charge in [-0.1, -0.05) is 0 Å². The Bertz CT molecular complexity index is 471. The van der Waals surface area contributed by atoms with E-state index in [9.17, 15) is 18.4 Å². The van der Waals surface area contributed by atoms with Crippen LogP contribution >= 0.6 is 0 Å². The number of ether oxygens (including phenoxy) is 1. The van der Waals surface area contributed by atoms with E-state index < -0.39 is 23.5 Å². The van der Waals surface area contributed by atoms with E-state index in [1.807, 2.05) is 0 Å². The minimum absolute atomic E-state index is 0.0901. The van der Waals surface area contributed by atoms with Crippen LogP contribution in [0.1, 0.15) is 35.0 Å². The number of esters is 1. The van der Waals surface area contributed by atoms with Crippen LogP contribution in [0.3, 0.4) is 0 Å². The number of H-pyrrole nitrogens is 1. The van der Waals surface area contributed by atoms with Crippen molar-refractivity contribution in [3.8, 4) is 0 Å². The molecule has 3 N–H and O–H groups in total. The second-order valence-corrected chi connectivity index (χ2v) is 3.15. The normalized spacial score (nSPS) is 10.6. The Morgan fingerprint density at radius 2 is 2.24 bits per heavy atom. The number of rotatable bonds is 4. The van der Waals surface area contributed by atoms with Crippen molar-refractivity contribution >= 4 is 5.97 Å². The predicted octanol–water partition coefficient (Wildman–Crippen LogP) is 0.948. The first-order valence-electron chi connectivity index (χ1n) is 4.92. The fourth-order valence-electron chi connectivity index (χ4n) is 1.35. The van der Waals surface area contributed by atoms with Gasteiger partial charge in [0.1, 0.15) is 5.56 Å². The lowest BCUT2D eigenvalue weighted by Crippen LogP contribution is -2.25. The van der Waals surface area contributed by atoms with Gasteiger partial charge < -0.3 is 15.5 Å². The van der Waals surface area contributed by atoms with Gasteiger partial charge in [0.2, 0.25) is 5.43 Å². The lowest BCUT2D eigenvalue weighted by Gasteiger charge is -2.08. The molecule has 0 radical (unpaired) electrons. The monoisotopic (exact) mass is 246 g/mol. The fourth-order valence-corrected chi connectivity index (χ4v) is 1.35. The summed E-state index contributed by atoms with van der Waals surface area (Å²) in [5, 5.41) is 0. The lowest BCUT2D eigenvalue weighted by molar-refractivity contribution is 0.0523. The van der Waals surface area contributed by atoms with E-state index in [1.165, 1.54) is 0 Å². The Balaban J connectivity index is 3.30. The number of hydrogen-bond acceptors (Lipinski definition) is 4. The molecule has 0 bridgehead atoms. The maximum atomic E-state index is 12.5. The molecule has 7 heteroatoms. The molecule has 0 aliphatic rings. The van der Waals surface area contributed by atoms with Crippen molar-refractivity contribution in [1.29, 1.82) is 0 Å². The highest BCUT2D eigenvalue weighted by Gasteiger charge is 2.21. The molecule has 94 valence electrons. The van der Waals surface area contributed by atoms with Gasteiger partial charge in [0, 0.05) is 18.3 Å². The van der Waals surface area contributed by atoms with Crippen molar-refractivity contribution in [2.75, 3.05) is 6.61 Å². The molecule has 1 aromatic rings. The molecule has 0 aromatic carbocycles. The van der Waals surface area contributed by atoms with E-state index in [2.05, 4.69) is 9.72 Å². The van der Waals surface area contributed by atoms with Crippen molar-refractivity contribution < 1.29 is 18.3 Å². The molecule has 0 aliphatic heterocycles. The zero-order chi connectivity index (χ0) is 13.0. The van der Waals surface area contributed by atoms with Crippen molar-refractivity contribution in [2.24, 2.45) is 5.73 Å². The number of hydrogen-bond donors (Lipinski definition) is 2. The van der Waals surface area contributed by atoms with Crippen LogP contribution in [-0.4, -0.2) is 17.6 Å². The minimum atomic E-state index is -2.85. The van der Waals surface area contributed by atoms with Gasteiger partial charge in [-0.3, -0.25) is 4.79 Å². The molecule has 1 aromatic heterocycles. The third-order valence-electron chi connectivity index (χ3n) is 2.13. The molecule has 0 fully saturated rings. The summed E-state index contributed by atoms with van der Waals surface area (Å²) in [6.45, 7) is 1.29. The summed E-state index contributed by atoms with van der Waals surface area (Å²) in [5.41, 5.74) is 3.22. The molecule has 0 unspecified atom stereocenters. The van der Waals surface area contributed by atoms with Crippen LogP contribution in [0.15, 0.2) is 11.0 Å². The van der Waals surface area contributed by atoms with E-state index in [-0.39, 0.29) is 24.3 Å². The molecule has 0 atom stereocenters. The van der Waals surface area contributed by atoms with Crippen molar-refractivity contribution in [1.82, 2.24) is 4.98 Å². The zero-order valence-corrected chi connectivity index (χ0v) is 9.13. The number of nitrogens with one attached hydrogen (secondary N) is 1. The molecule has 1 rings (SSSR count). The first-order valence-corrected chi connectivity index (χ1v) is 4.92. The predicted molar refractivity (Wildman–Crippen MR) is 55.9 cm³/mol. The second-order valence-electron chi connectivity index (χ2n) is 3.15. The quantitative estimate of drug-likeness (QED) is 0.774. The summed E-state index contributed by atoms with van der Waals surface area (Å²) < 4.78 is 29.7. The van der Waals surface area contributed by atoms with E-state index >= 15 is 0 Å². The molecule has 0 saturated carbocycles. The van der Waals surface area contributed by atoms with Crippen LogP contribution in [-0.2, 0) is 11.3 Å². The highest BCUT2D eigenvalue weighted by Crippen LogP contribution is 2.18. The SMILES string of the molecule is CCOC(=O)c1c[nH]c(C(F)F)c(CN)c1=O. The molecule has 0 aliphatic carbocycles. The first-order chi connectivity index (χ1) is 8.02. The maximum Gasteiger partial charge on any atom is 0.343 e. The summed E-state index contributed by atoms with van der Waals surface area (Å²) in [6, 6.07) is 0. The molecular formula is C10H12F2N2O3. The molecule has 17 heavy (non-hydrogen) atoms. The molecule has 1 heterocycles. The zero-order valence-electron chi connectivity index (χ0n) is 9.13. The number of aromatic amines is 1. The van der Waals surface area contributed by atoms with Gasteiger partial charge in [-0.25, -0.2) is 13.6 Å². The highest BCUT2D eigenvalue weighted by atomic mass is 19.3. The van der Waals surface area contributed by atoms with E-state index in [1.54, 1.807) is 6.92 Å². The van der Waals surface area contributed by atoms with Crippen LogP contribution in [0.4, 0.5) is 8.78 Å². The number of halogens is 2. The van der Waals surface area contributed by atoms with Gasteiger partial charge >= 0.3 is 5.97 Å². The summed E-state index contributed by atoms with van der Waals surface area (Å²) >= 11 is 0. The van der Waals surface area contributed by atoms with E-state index in [0.717, 1.165) is 6.20 Å². The van der Waals surface area contributed by atoms with Crippen LogP contribution in [0.25, 0.3) is 0 Å². The van der Waals surface area contributed by atoms with Crippen molar-refractivity contribution in [3.05, 3.63) is 33.2 Å². The highest BCUT2D eigenvalue weighted by molar-refractivity contribution is 5.89. The number of carbonyl (C=O) groups is 1. The van der Waals surface area contributed by atoms with Crippen molar-refractivity contribution in [2.45, 2.75) is 19.9 Å². The number of nitrogens with two attached hydrogens (primary N) is 1. The average Bonchev–Trinajstić information content (AvgIpc) is 2.28. The Labute approximate surface area is 95.6 Å². The van der Waals surface area contributed by atoms with E-state index in [0.29, 0.717) is 0 Å². The molecular weight excluding hydrogens is 234 g/mol. The van der Waals surface area contributed by atoms with Crippen molar-refractivity contribution in [3.63, 3.8) is 0 Å². The fraction of sp³-hybridized carbons (Fsp3) is 0.400. The topological polar surface area (TPSA) is 85.2 Å². The summed E-state index contributed by atoms with van der Waals surface area (Å²) in [7, 11) is 0. The average molecular weight is 246 g/mol. The molecule has 0 saturated heterocycles. The maximum absolute atomic E-state index is 12.5. The van der Waals surface area contributed by atoms with Gasteiger partial charge in [-0.2, -0.15) is 0 Å². The van der Waals surface area contributed by atoms with Gasteiger partial charge in [0.05, 0.1) is 12.3 Å². The molecule has 0 amide bonds. The van der Waals surface area contributed by atoms with E-state index in [4.69, 9.17) is 5.73 Å². The molecule has 0 spiro atoms. The number of pyridine rings is 1. The van der Waals surface area contributed by atoms with Crippen LogP contribution < -0.4 is 11.2 Å². The van der Waals surface area contributed by atoms with Gasteiger partial charge in [0.25, 0.3) is 6.43 Å². The molecule has 5 nitrogen and oxygen atoms in total. The van der Waals surface area contributed by atoms with Gasteiger partial charge in [-0.05, 0) is 6.92 Å².